The van der Waals surface area contributed by atoms with E-state index in [1.54, 1.807) is 4.90 Å². The van der Waals surface area contributed by atoms with E-state index in [9.17, 15) is 22.4 Å². The van der Waals surface area contributed by atoms with Crippen molar-refractivity contribution in [3.63, 3.8) is 0 Å². The Balaban J connectivity index is 0.00000342. The van der Waals surface area contributed by atoms with Crippen molar-refractivity contribution in [1.29, 1.82) is 0 Å². The molecule has 8 nitrogen and oxygen atoms in total. The molecule has 1 saturated heterocycles. The number of hydrogen-bond acceptors (Lipinski definition) is 5. The number of amides is 1. The van der Waals surface area contributed by atoms with E-state index in [0.717, 1.165) is 10.9 Å². The van der Waals surface area contributed by atoms with Gasteiger partial charge < -0.3 is 14.6 Å². The summed E-state index contributed by atoms with van der Waals surface area (Å²) in [4.78, 5) is 25.5. The number of nitrogens with one attached hydrogen (secondary N) is 1. The van der Waals surface area contributed by atoms with E-state index in [1.807, 2.05) is 13.8 Å². The Bertz CT molecular complexity index is 1250. The molecule has 1 N–H and O–H groups in total. The zero-order valence-electron chi connectivity index (χ0n) is 18.8. The summed E-state index contributed by atoms with van der Waals surface area (Å²) in [6.45, 7) is 2.98. The van der Waals surface area contributed by atoms with Gasteiger partial charge in [0, 0.05) is 37.1 Å². The molecule has 4 rings (SSSR count). The fourth-order valence-corrected chi connectivity index (χ4v) is 3.84. The SMILES string of the molecule is CC1CN(C(=O)c2cc3c(cn2)c(-c2cncccc(F)c[nH]2)nn3CC(F)(F)F)CC(C)O1.F. The van der Waals surface area contributed by atoms with Crippen LogP contribution in [-0.4, -0.2) is 67.0 Å². The lowest BCUT2D eigenvalue weighted by Gasteiger charge is -2.35. The Morgan fingerprint density at radius 1 is 1.23 bits per heavy atom. The van der Waals surface area contributed by atoms with Crippen molar-refractivity contribution in [3.05, 3.63) is 54.5 Å². The number of ether oxygens (including phenoxy) is 1. The van der Waals surface area contributed by atoms with Gasteiger partial charge in [0.25, 0.3) is 5.91 Å². The van der Waals surface area contributed by atoms with Crippen LogP contribution in [0.1, 0.15) is 24.3 Å². The quantitative estimate of drug-likeness (QED) is 0.551. The molecular weight excluding hydrogens is 475 g/mol. The predicted molar refractivity (Wildman–Crippen MR) is 117 cm³/mol. The third kappa shape index (κ3) is 6.10. The molecule has 3 aromatic rings. The van der Waals surface area contributed by atoms with Gasteiger partial charge in [-0.15, -0.1) is 0 Å². The first kappa shape index (κ1) is 26.0. The summed E-state index contributed by atoms with van der Waals surface area (Å²) in [5, 5.41) is 4.35. The topological polar surface area (TPSA) is 88.9 Å². The van der Waals surface area contributed by atoms with E-state index in [1.165, 1.54) is 36.8 Å². The second-order valence-corrected chi connectivity index (χ2v) is 8.05. The van der Waals surface area contributed by atoms with Crippen LogP contribution < -0.4 is 0 Å². The molecule has 2 atom stereocenters. The van der Waals surface area contributed by atoms with Crippen molar-refractivity contribution in [2.24, 2.45) is 0 Å². The number of carbonyl (C=O) groups excluding carboxylic acids is 1. The third-order valence-corrected chi connectivity index (χ3v) is 5.14. The van der Waals surface area contributed by atoms with Crippen LogP contribution in [0.5, 0.6) is 0 Å². The highest BCUT2D eigenvalue weighted by Crippen LogP contribution is 2.29. The Morgan fingerprint density at radius 2 is 1.94 bits per heavy atom. The molecule has 35 heavy (non-hydrogen) atoms. The molecular formula is C22H23F5N6O2. The van der Waals surface area contributed by atoms with Gasteiger partial charge in [-0.2, -0.15) is 18.3 Å². The number of pyridine rings is 1. The number of morpholine rings is 1. The van der Waals surface area contributed by atoms with Gasteiger partial charge in [0.1, 0.15) is 23.7 Å². The number of fused-ring (bicyclic) bond motifs is 1. The van der Waals surface area contributed by atoms with Crippen molar-refractivity contribution < 1.29 is 31.8 Å². The molecule has 1 aliphatic rings. The lowest BCUT2D eigenvalue weighted by molar-refractivity contribution is -0.141. The van der Waals surface area contributed by atoms with Crippen LogP contribution in [0, 0.1) is 5.82 Å². The van der Waals surface area contributed by atoms with Gasteiger partial charge in [-0.05, 0) is 32.0 Å². The van der Waals surface area contributed by atoms with E-state index in [4.69, 9.17) is 4.74 Å². The number of carbonyl (C=O) groups is 1. The Kier molecular flexibility index (Phi) is 7.68. The summed E-state index contributed by atoms with van der Waals surface area (Å²) in [7, 11) is 0. The number of halogens is 5. The number of aromatic nitrogens is 5. The lowest BCUT2D eigenvalue weighted by atomic mass is 10.1. The zero-order chi connectivity index (χ0) is 24.5. The van der Waals surface area contributed by atoms with Crippen molar-refractivity contribution >= 4 is 16.8 Å². The summed E-state index contributed by atoms with van der Waals surface area (Å²) >= 11 is 0. The van der Waals surface area contributed by atoms with Crippen LogP contribution in [0.15, 0.2) is 43.0 Å². The minimum absolute atomic E-state index is 0. The second kappa shape index (κ2) is 10.3. The summed E-state index contributed by atoms with van der Waals surface area (Å²) < 4.78 is 60.1. The molecule has 3 aromatic heterocycles. The molecule has 13 heteroatoms. The fraction of sp³-hybridized carbons (Fsp3) is 0.364. The van der Waals surface area contributed by atoms with Gasteiger partial charge in [-0.25, -0.2) is 4.39 Å². The van der Waals surface area contributed by atoms with E-state index < -0.39 is 24.4 Å². The van der Waals surface area contributed by atoms with Gasteiger partial charge in [-0.1, -0.05) is 0 Å². The molecule has 4 heterocycles. The van der Waals surface area contributed by atoms with Gasteiger partial charge in [-0.3, -0.25) is 24.1 Å². The molecule has 1 amide bonds. The number of hydrogen-bond donors (Lipinski definition) is 1. The number of nitrogens with zero attached hydrogens (tertiary/aromatic N) is 5. The maximum absolute atomic E-state index is 13.8. The zero-order valence-corrected chi connectivity index (χ0v) is 18.8. The minimum Gasteiger partial charge on any atom is -0.372 e. The minimum atomic E-state index is -4.56. The molecule has 188 valence electrons. The molecule has 1 fully saturated rings. The van der Waals surface area contributed by atoms with Gasteiger partial charge in [0.05, 0.1) is 29.6 Å². The van der Waals surface area contributed by atoms with Gasteiger partial charge >= 0.3 is 6.18 Å². The van der Waals surface area contributed by atoms with Crippen LogP contribution in [0.2, 0.25) is 0 Å². The molecule has 2 unspecified atom stereocenters. The van der Waals surface area contributed by atoms with Gasteiger partial charge in [0.15, 0.2) is 0 Å². The second-order valence-electron chi connectivity index (χ2n) is 8.05. The van der Waals surface area contributed by atoms with Crippen LogP contribution in [0.3, 0.4) is 0 Å². The Morgan fingerprint density at radius 3 is 2.63 bits per heavy atom. The lowest BCUT2D eigenvalue weighted by Crippen LogP contribution is -2.48. The number of H-pyrrole nitrogens is 1. The first-order valence-electron chi connectivity index (χ1n) is 10.5. The monoisotopic (exact) mass is 498 g/mol. The number of alkyl halides is 3. The predicted octanol–water partition coefficient (Wildman–Crippen LogP) is 4.05. The smallest absolute Gasteiger partial charge is 0.372 e. The summed E-state index contributed by atoms with van der Waals surface area (Å²) in [5.41, 5.74) is 0.308. The molecule has 0 radical (unpaired) electrons. The van der Waals surface area contributed by atoms with Crippen molar-refractivity contribution in [3.8, 4) is 11.4 Å². The van der Waals surface area contributed by atoms with Crippen LogP contribution in [-0.2, 0) is 11.3 Å². The first-order valence-corrected chi connectivity index (χ1v) is 10.5. The fourth-order valence-electron chi connectivity index (χ4n) is 3.84. The molecule has 0 spiro atoms. The van der Waals surface area contributed by atoms with E-state index in [2.05, 4.69) is 20.1 Å². The molecule has 0 saturated carbocycles. The van der Waals surface area contributed by atoms with Crippen molar-refractivity contribution in [1.82, 2.24) is 29.6 Å². The highest BCUT2D eigenvalue weighted by molar-refractivity contribution is 5.98. The molecule has 0 aromatic carbocycles. The third-order valence-electron chi connectivity index (χ3n) is 5.14. The highest BCUT2D eigenvalue weighted by Gasteiger charge is 2.31. The van der Waals surface area contributed by atoms with Crippen molar-refractivity contribution in [2.45, 2.75) is 38.8 Å². The molecule has 0 bridgehead atoms. The van der Waals surface area contributed by atoms with Crippen LogP contribution in [0.4, 0.5) is 22.3 Å². The van der Waals surface area contributed by atoms with E-state index in [-0.39, 0.29) is 44.9 Å². The summed E-state index contributed by atoms with van der Waals surface area (Å²) in [5.74, 6) is -1.02. The van der Waals surface area contributed by atoms with Gasteiger partial charge in [0.2, 0.25) is 0 Å². The van der Waals surface area contributed by atoms with Crippen molar-refractivity contribution in [2.75, 3.05) is 13.1 Å². The summed E-state index contributed by atoms with van der Waals surface area (Å²) in [6, 6.07) is 3.84. The normalized spacial score (nSPS) is 18.2. The largest absolute Gasteiger partial charge is 0.408 e. The Labute approximate surface area is 196 Å². The van der Waals surface area contributed by atoms with Crippen LogP contribution >= 0.6 is 0 Å². The maximum Gasteiger partial charge on any atom is 0.408 e. The number of rotatable bonds is 3. The average Bonchev–Trinajstić information content (AvgIpc) is 3.14. The highest BCUT2D eigenvalue weighted by atomic mass is 19.4. The standard InChI is InChI=1S/C22H22F4N6O2.FH/c1-13-10-31(11-14(2)34-13)21(33)17-6-19-16(8-29-17)20(30-32(19)12-22(24,25)26)18-9-27-5-3-4-15(23)7-28-18;/h3-9,13-14,28H,10-12H2,1-2H3;1H. The van der Waals surface area contributed by atoms with Crippen LogP contribution in [0.25, 0.3) is 22.3 Å². The maximum atomic E-state index is 13.8. The van der Waals surface area contributed by atoms with E-state index in [0.29, 0.717) is 13.1 Å². The van der Waals surface area contributed by atoms with E-state index >= 15 is 0 Å². The molecule has 0 aliphatic carbocycles. The summed E-state index contributed by atoms with van der Waals surface area (Å²) in [6.07, 6.45) is 0.0588. The average molecular weight is 498 g/mol. The molecule has 1 aliphatic heterocycles. The first-order chi connectivity index (χ1) is 16.1. The Hall–Kier alpha value is -3.61. The number of aromatic amines is 1.